The molecule has 1 aliphatic rings. The quantitative estimate of drug-likeness (QED) is 0.731. The number of fused-ring (bicyclic) bond motifs is 1. The van der Waals surface area contributed by atoms with Crippen LogP contribution in [0.15, 0.2) is 59.8 Å². The van der Waals surface area contributed by atoms with E-state index in [4.69, 9.17) is 15.6 Å². The Bertz CT molecular complexity index is 1080. The smallest absolute Gasteiger partial charge is 0.248 e. The van der Waals surface area contributed by atoms with Crippen LogP contribution in [0.4, 0.5) is 5.95 Å². The van der Waals surface area contributed by atoms with Crippen molar-refractivity contribution >= 4 is 11.9 Å². The van der Waals surface area contributed by atoms with Gasteiger partial charge in [0.1, 0.15) is 11.8 Å². The molecule has 1 unspecified atom stereocenters. The first kappa shape index (κ1) is 17.8. The van der Waals surface area contributed by atoms with Gasteiger partial charge in [-0.15, -0.1) is 5.10 Å². The lowest BCUT2D eigenvalue weighted by Gasteiger charge is -2.27. The van der Waals surface area contributed by atoms with Crippen molar-refractivity contribution in [2.24, 2.45) is 5.73 Å². The molecule has 0 spiro atoms. The number of carbonyl (C=O) groups excluding carboxylic acids is 1. The van der Waals surface area contributed by atoms with E-state index in [2.05, 4.69) is 10.3 Å². The summed E-state index contributed by atoms with van der Waals surface area (Å²) < 4.78 is 6.96. The highest BCUT2D eigenvalue weighted by Gasteiger charge is 2.33. The average molecular weight is 375 g/mol. The van der Waals surface area contributed by atoms with Crippen LogP contribution in [-0.2, 0) is 4.79 Å². The molecule has 0 saturated heterocycles. The minimum Gasteiger partial charge on any atom is -0.497 e. The van der Waals surface area contributed by atoms with E-state index in [-0.39, 0.29) is 0 Å². The van der Waals surface area contributed by atoms with Crippen molar-refractivity contribution in [3.05, 3.63) is 70.9 Å². The van der Waals surface area contributed by atoms with Crippen LogP contribution < -0.4 is 15.8 Å². The SMILES string of the molecule is COc1ccc(C2C(C(N)=O)=C(C)Nc3nc(-c4ccccc4C)nn32)cc1. The molecule has 0 bridgehead atoms. The Morgan fingerprint density at radius 3 is 2.50 bits per heavy atom. The maximum absolute atomic E-state index is 12.3. The van der Waals surface area contributed by atoms with Crippen LogP contribution in [0.5, 0.6) is 5.75 Å². The number of allylic oxidation sites excluding steroid dienone is 1. The standard InChI is InChI=1S/C21H21N5O2/c1-12-6-4-5-7-16(12)20-24-21-23-13(2)17(19(22)27)18(26(21)25-20)14-8-10-15(28-3)11-9-14/h4-11,18H,1-3H3,(H2,22,27)(H,23,24,25). The Hall–Kier alpha value is -3.61. The van der Waals surface area contributed by atoms with Crippen LogP contribution in [0.1, 0.15) is 24.1 Å². The zero-order chi connectivity index (χ0) is 19.8. The normalized spacial score (nSPS) is 15.8. The third-order valence-corrected chi connectivity index (χ3v) is 4.94. The molecule has 28 heavy (non-hydrogen) atoms. The number of ether oxygens (including phenoxy) is 1. The van der Waals surface area contributed by atoms with Crippen LogP contribution in [0.3, 0.4) is 0 Å². The number of nitrogens with two attached hydrogens (primary N) is 1. The molecule has 2 heterocycles. The van der Waals surface area contributed by atoms with E-state index >= 15 is 0 Å². The number of rotatable bonds is 4. The summed E-state index contributed by atoms with van der Waals surface area (Å²) in [4.78, 5) is 16.9. The molecule has 1 atom stereocenters. The second kappa shape index (κ2) is 6.84. The van der Waals surface area contributed by atoms with Crippen molar-refractivity contribution in [3.63, 3.8) is 0 Å². The van der Waals surface area contributed by atoms with Gasteiger partial charge in [0.15, 0.2) is 5.82 Å². The first-order valence-corrected chi connectivity index (χ1v) is 8.93. The number of benzene rings is 2. The van der Waals surface area contributed by atoms with Gasteiger partial charge in [-0.05, 0) is 37.1 Å². The first-order valence-electron chi connectivity index (χ1n) is 8.93. The Labute approximate surface area is 162 Å². The van der Waals surface area contributed by atoms with Crippen LogP contribution in [0.25, 0.3) is 11.4 Å². The number of aryl methyl sites for hydroxylation is 1. The Morgan fingerprint density at radius 2 is 1.86 bits per heavy atom. The molecule has 0 saturated carbocycles. The Morgan fingerprint density at radius 1 is 1.14 bits per heavy atom. The summed E-state index contributed by atoms with van der Waals surface area (Å²) in [5.74, 6) is 1.40. The summed E-state index contributed by atoms with van der Waals surface area (Å²) in [5, 5.41) is 7.89. The molecule has 0 aliphatic carbocycles. The summed E-state index contributed by atoms with van der Waals surface area (Å²) in [5.41, 5.74) is 9.74. The van der Waals surface area contributed by atoms with Gasteiger partial charge in [0.2, 0.25) is 11.9 Å². The number of aromatic nitrogens is 3. The van der Waals surface area contributed by atoms with Crippen molar-refractivity contribution in [3.8, 4) is 17.1 Å². The highest BCUT2D eigenvalue weighted by atomic mass is 16.5. The number of anilines is 1. The lowest BCUT2D eigenvalue weighted by atomic mass is 9.95. The topological polar surface area (TPSA) is 95.1 Å². The third-order valence-electron chi connectivity index (χ3n) is 4.94. The summed E-state index contributed by atoms with van der Waals surface area (Å²) in [6.07, 6.45) is 0. The minimum atomic E-state index is -0.496. The molecule has 142 valence electrons. The second-order valence-electron chi connectivity index (χ2n) is 6.72. The van der Waals surface area contributed by atoms with Crippen molar-refractivity contribution in [2.75, 3.05) is 12.4 Å². The van der Waals surface area contributed by atoms with Crippen LogP contribution in [0.2, 0.25) is 0 Å². The molecule has 7 heteroatoms. The molecule has 1 aliphatic heterocycles. The molecule has 2 aromatic carbocycles. The number of methoxy groups -OCH3 is 1. The van der Waals surface area contributed by atoms with Crippen LogP contribution >= 0.6 is 0 Å². The van der Waals surface area contributed by atoms with Crippen molar-refractivity contribution < 1.29 is 9.53 Å². The summed E-state index contributed by atoms with van der Waals surface area (Å²) in [7, 11) is 1.61. The van der Waals surface area contributed by atoms with Crippen molar-refractivity contribution in [2.45, 2.75) is 19.9 Å². The number of primary amides is 1. The molecule has 0 radical (unpaired) electrons. The lowest BCUT2D eigenvalue weighted by Crippen LogP contribution is -2.31. The van der Waals surface area contributed by atoms with Crippen LogP contribution in [0, 0.1) is 6.92 Å². The van der Waals surface area contributed by atoms with E-state index < -0.39 is 11.9 Å². The van der Waals surface area contributed by atoms with E-state index in [1.54, 1.807) is 11.8 Å². The Kier molecular flexibility index (Phi) is 4.35. The maximum Gasteiger partial charge on any atom is 0.248 e. The fourth-order valence-corrected chi connectivity index (χ4v) is 3.50. The predicted octanol–water partition coefficient (Wildman–Crippen LogP) is 3.04. The van der Waals surface area contributed by atoms with E-state index in [9.17, 15) is 4.79 Å². The number of nitrogens with one attached hydrogen (secondary N) is 1. The zero-order valence-electron chi connectivity index (χ0n) is 15.9. The molecule has 0 fully saturated rings. The van der Waals surface area contributed by atoms with Gasteiger partial charge < -0.3 is 15.8 Å². The van der Waals surface area contributed by atoms with Gasteiger partial charge in [0.25, 0.3) is 0 Å². The number of nitrogens with zero attached hydrogens (tertiary/aromatic N) is 3. The maximum atomic E-state index is 12.3. The monoisotopic (exact) mass is 375 g/mol. The first-order chi connectivity index (χ1) is 13.5. The van der Waals surface area contributed by atoms with Gasteiger partial charge in [-0.1, -0.05) is 36.4 Å². The van der Waals surface area contributed by atoms with Gasteiger partial charge in [0.05, 0.1) is 12.7 Å². The molecular formula is C21H21N5O2. The van der Waals surface area contributed by atoms with E-state index in [1.165, 1.54) is 0 Å². The van der Waals surface area contributed by atoms with E-state index in [0.717, 1.165) is 22.4 Å². The number of hydrogen-bond acceptors (Lipinski definition) is 5. The fraction of sp³-hybridized carbons (Fsp3) is 0.190. The van der Waals surface area contributed by atoms with E-state index in [1.807, 2.05) is 62.4 Å². The van der Waals surface area contributed by atoms with Crippen molar-refractivity contribution in [1.29, 1.82) is 0 Å². The largest absolute Gasteiger partial charge is 0.497 e. The zero-order valence-corrected chi connectivity index (χ0v) is 15.9. The molecular weight excluding hydrogens is 354 g/mol. The van der Waals surface area contributed by atoms with Gasteiger partial charge in [-0.2, -0.15) is 4.98 Å². The second-order valence-corrected chi connectivity index (χ2v) is 6.72. The number of amides is 1. The summed E-state index contributed by atoms with van der Waals surface area (Å²) >= 11 is 0. The predicted molar refractivity (Wildman–Crippen MR) is 107 cm³/mol. The Balaban J connectivity index is 1.88. The molecule has 3 N–H and O–H groups in total. The number of hydrogen-bond donors (Lipinski definition) is 2. The van der Waals surface area contributed by atoms with Crippen molar-refractivity contribution in [1.82, 2.24) is 14.8 Å². The summed E-state index contributed by atoms with van der Waals surface area (Å²) in [6, 6.07) is 15.0. The molecule has 3 aromatic rings. The van der Waals surface area contributed by atoms with Crippen LogP contribution in [-0.4, -0.2) is 27.8 Å². The highest BCUT2D eigenvalue weighted by molar-refractivity contribution is 5.95. The number of carbonyl (C=O) groups is 1. The molecule has 4 rings (SSSR count). The molecule has 1 aromatic heterocycles. The summed E-state index contributed by atoms with van der Waals surface area (Å²) in [6.45, 7) is 3.84. The highest BCUT2D eigenvalue weighted by Crippen LogP contribution is 2.36. The van der Waals surface area contributed by atoms with Gasteiger partial charge in [-0.3, -0.25) is 4.79 Å². The lowest BCUT2D eigenvalue weighted by molar-refractivity contribution is -0.115. The third kappa shape index (κ3) is 2.90. The molecule has 1 amide bonds. The minimum absolute atomic E-state index is 0.457. The van der Waals surface area contributed by atoms with E-state index in [0.29, 0.717) is 23.0 Å². The van der Waals surface area contributed by atoms with Gasteiger partial charge >= 0.3 is 0 Å². The fourth-order valence-electron chi connectivity index (χ4n) is 3.50. The average Bonchev–Trinajstić information content (AvgIpc) is 3.10. The van der Waals surface area contributed by atoms with Gasteiger partial charge in [-0.25, -0.2) is 4.68 Å². The van der Waals surface area contributed by atoms with Gasteiger partial charge in [0, 0.05) is 11.3 Å². The molecule has 7 nitrogen and oxygen atoms in total.